The van der Waals surface area contributed by atoms with E-state index in [0.717, 1.165) is 23.5 Å². The molecule has 0 aliphatic rings. The van der Waals surface area contributed by atoms with Gasteiger partial charge in [0.15, 0.2) is 0 Å². The second kappa shape index (κ2) is 5.48. The quantitative estimate of drug-likeness (QED) is 0.880. The maximum atomic E-state index is 10.9. The summed E-state index contributed by atoms with van der Waals surface area (Å²) in [5.41, 5.74) is 2.90. The van der Waals surface area contributed by atoms with Crippen molar-refractivity contribution in [2.24, 2.45) is 0 Å². The van der Waals surface area contributed by atoms with E-state index >= 15 is 0 Å². The van der Waals surface area contributed by atoms with E-state index in [1.54, 1.807) is 18.2 Å². The number of hydrogen-bond donors (Lipinski definition) is 2. The fourth-order valence-electron chi connectivity index (χ4n) is 1.90. The molecule has 0 aliphatic carbocycles. The lowest BCUT2D eigenvalue weighted by Gasteiger charge is -2.11. The first kappa shape index (κ1) is 13.0. The second-order valence-corrected chi connectivity index (χ2v) is 4.15. The lowest BCUT2D eigenvalue weighted by molar-refractivity contribution is 0.0697. The van der Waals surface area contributed by atoms with E-state index in [0.29, 0.717) is 5.69 Å². The van der Waals surface area contributed by atoms with Gasteiger partial charge in [-0.05, 0) is 31.5 Å². The van der Waals surface area contributed by atoms with Crippen LogP contribution in [0.5, 0.6) is 0 Å². The van der Waals surface area contributed by atoms with E-state index in [9.17, 15) is 4.79 Å². The molecule has 0 fully saturated rings. The van der Waals surface area contributed by atoms with Gasteiger partial charge in [0.1, 0.15) is 12.1 Å². The SMILES string of the molecule is CCc1c(C)ncnc1Nc1cccc(C(=O)O)c1. The number of rotatable bonds is 4. The molecule has 0 aliphatic heterocycles. The molecule has 2 N–H and O–H groups in total. The highest BCUT2D eigenvalue weighted by Crippen LogP contribution is 2.21. The predicted octanol–water partition coefficient (Wildman–Crippen LogP) is 2.79. The number of hydrogen-bond acceptors (Lipinski definition) is 4. The average molecular weight is 257 g/mol. The minimum absolute atomic E-state index is 0.244. The number of aryl methyl sites for hydroxylation is 1. The molecule has 0 atom stereocenters. The first-order chi connectivity index (χ1) is 9.11. The molecule has 2 rings (SSSR count). The predicted molar refractivity (Wildman–Crippen MR) is 72.8 cm³/mol. The summed E-state index contributed by atoms with van der Waals surface area (Å²) in [7, 11) is 0. The van der Waals surface area contributed by atoms with Crippen LogP contribution in [0.25, 0.3) is 0 Å². The molecule has 1 aromatic heterocycles. The van der Waals surface area contributed by atoms with Crippen molar-refractivity contribution in [3.05, 3.63) is 47.4 Å². The molecule has 0 bridgehead atoms. The first-order valence-electron chi connectivity index (χ1n) is 6.02. The Morgan fingerprint density at radius 1 is 1.37 bits per heavy atom. The smallest absolute Gasteiger partial charge is 0.335 e. The van der Waals surface area contributed by atoms with Crippen LogP contribution < -0.4 is 5.32 Å². The Hall–Kier alpha value is -2.43. The third-order valence-electron chi connectivity index (χ3n) is 2.89. The van der Waals surface area contributed by atoms with Crippen molar-refractivity contribution in [2.45, 2.75) is 20.3 Å². The first-order valence-corrected chi connectivity index (χ1v) is 6.02. The minimum Gasteiger partial charge on any atom is -0.478 e. The van der Waals surface area contributed by atoms with Crippen molar-refractivity contribution in [1.82, 2.24) is 9.97 Å². The van der Waals surface area contributed by atoms with Crippen LogP contribution in [0.1, 0.15) is 28.5 Å². The largest absolute Gasteiger partial charge is 0.478 e. The maximum Gasteiger partial charge on any atom is 0.335 e. The Kier molecular flexibility index (Phi) is 3.75. The highest BCUT2D eigenvalue weighted by Gasteiger charge is 2.08. The molecule has 98 valence electrons. The van der Waals surface area contributed by atoms with Crippen LogP contribution in [0.15, 0.2) is 30.6 Å². The van der Waals surface area contributed by atoms with Crippen molar-refractivity contribution < 1.29 is 9.90 Å². The number of nitrogens with one attached hydrogen (secondary N) is 1. The summed E-state index contributed by atoms with van der Waals surface area (Å²) >= 11 is 0. The summed E-state index contributed by atoms with van der Waals surface area (Å²) in [5, 5.41) is 12.1. The number of carboxylic acids is 1. The molecule has 0 radical (unpaired) electrons. The average Bonchev–Trinajstić information content (AvgIpc) is 2.39. The van der Waals surface area contributed by atoms with Gasteiger partial charge in [-0.2, -0.15) is 0 Å². The van der Waals surface area contributed by atoms with Crippen LogP contribution in [0.4, 0.5) is 11.5 Å². The highest BCUT2D eigenvalue weighted by molar-refractivity contribution is 5.89. The molecule has 1 heterocycles. The number of anilines is 2. The minimum atomic E-state index is -0.946. The molecule has 0 saturated carbocycles. The van der Waals surface area contributed by atoms with Crippen LogP contribution in [-0.2, 0) is 6.42 Å². The van der Waals surface area contributed by atoms with Gasteiger partial charge in [-0.3, -0.25) is 0 Å². The van der Waals surface area contributed by atoms with Crippen molar-refractivity contribution in [1.29, 1.82) is 0 Å². The summed E-state index contributed by atoms with van der Waals surface area (Å²) in [4.78, 5) is 19.3. The molecule has 0 spiro atoms. The molecular weight excluding hydrogens is 242 g/mol. The lowest BCUT2D eigenvalue weighted by atomic mass is 10.1. The Bertz CT molecular complexity index is 611. The van der Waals surface area contributed by atoms with E-state index in [4.69, 9.17) is 5.11 Å². The van der Waals surface area contributed by atoms with Gasteiger partial charge in [0.25, 0.3) is 0 Å². The van der Waals surface area contributed by atoms with Gasteiger partial charge in [-0.15, -0.1) is 0 Å². The summed E-state index contributed by atoms with van der Waals surface area (Å²) in [6, 6.07) is 6.65. The number of nitrogens with zero attached hydrogens (tertiary/aromatic N) is 2. The third-order valence-corrected chi connectivity index (χ3v) is 2.89. The normalized spacial score (nSPS) is 10.2. The van der Waals surface area contributed by atoms with Crippen molar-refractivity contribution in [2.75, 3.05) is 5.32 Å². The summed E-state index contributed by atoms with van der Waals surface area (Å²) in [5.74, 6) is -0.226. The zero-order chi connectivity index (χ0) is 13.8. The van der Waals surface area contributed by atoms with Crippen molar-refractivity contribution in [3.63, 3.8) is 0 Å². The Labute approximate surface area is 111 Å². The lowest BCUT2D eigenvalue weighted by Crippen LogP contribution is -2.03. The number of carbonyl (C=O) groups is 1. The monoisotopic (exact) mass is 257 g/mol. The summed E-state index contributed by atoms with van der Waals surface area (Å²) in [6.45, 7) is 3.96. The zero-order valence-electron chi connectivity index (χ0n) is 10.8. The number of carboxylic acid groups (broad SMARTS) is 1. The van der Waals surface area contributed by atoms with Gasteiger partial charge < -0.3 is 10.4 Å². The van der Waals surface area contributed by atoms with Crippen LogP contribution in [0.2, 0.25) is 0 Å². The second-order valence-electron chi connectivity index (χ2n) is 4.15. The molecule has 0 saturated heterocycles. The van der Waals surface area contributed by atoms with Crippen LogP contribution in [0, 0.1) is 6.92 Å². The van der Waals surface area contributed by atoms with E-state index in [-0.39, 0.29) is 5.56 Å². The van der Waals surface area contributed by atoms with Crippen LogP contribution in [-0.4, -0.2) is 21.0 Å². The Morgan fingerprint density at radius 3 is 2.84 bits per heavy atom. The van der Waals surface area contributed by atoms with Gasteiger partial charge >= 0.3 is 5.97 Å². The molecule has 0 amide bonds. The van der Waals surface area contributed by atoms with Crippen molar-refractivity contribution >= 4 is 17.5 Å². The van der Waals surface area contributed by atoms with Gasteiger partial charge in [-0.1, -0.05) is 13.0 Å². The topological polar surface area (TPSA) is 75.1 Å². The molecule has 0 unspecified atom stereocenters. The Balaban J connectivity index is 2.33. The maximum absolute atomic E-state index is 10.9. The highest BCUT2D eigenvalue weighted by atomic mass is 16.4. The van der Waals surface area contributed by atoms with E-state index < -0.39 is 5.97 Å². The zero-order valence-corrected chi connectivity index (χ0v) is 10.8. The van der Waals surface area contributed by atoms with Crippen LogP contribution in [0.3, 0.4) is 0 Å². The molecule has 1 aromatic carbocycles. The van der Waals surface area contributed by atoms with Gasteiger partial charge in [0, 0.05) is 16.9 Å². The Morgan fingerprint density at radius 2 is 2.16 bits per heavy atom. The van der Waals surface area contributed by atoms with E-state index in [2.05, 4.69) is 15.3 Å². The van der Waals surface area contributed by atoms with E-state index in [1.807, 2.05) is 19.9 Å². The summed E-state index contributed by atoms with van der Waals surface area (Å²) < 4.78 is 0. The van der Waals surface area contributed by atoms with Crippen molar-refractivity contribution in [3.8, 4) is 0 Å². The number of benzene rings is 1. The molecule has 5 nitrogen and oxygen atoms in total. The van der Waals surface area contributed by atoms with Gasteiger partial charge in [-0.25, -0.2) is 14.8 Å². The molecule has 2 aromatic rings. The third kappa shape index (κ3) is 2.88. The molecule has 5 heteroatoms. The number of aromatic carboxylic acids is 1. The molecular formula is C14H15N3O2. The summed E-state index contributed by atoms with van der Waals surface area (Å²) in [6.07, 6.45) is 2.31. The van der Waals surface area contributed by atoms with E-state index in [1.165, 1.54) is 6.33 Å². The molecule has 19 heavy (non-hydrogen) atoms. The fraction of sp³-hybridized carbons (Fsp3) is 0.214. The van der Waals surface area contributed by atoms with Gasteiger partial charge in [0.05, 0.1) is 5.56 Å². The van der Waals surface area contributed by atoms with Crippen LogP contribution >= 0.6 is 0 Å². The number of aromatic nitrogens is 2. The van der Waals surface area contributed by atoms with Gasteiger partial charge in [0.2, 0.25) is 0 Å². The fourth-order valence-corrected chi connectivity index (χ4v) is 1.90. The standard InChI is InChI=1S/C14H15N3O2/c1-3-12-9(2)15-8-16-13(12)17-11-6-4-5-10(7-11)14(18)19/h4-8H,3H2,1-2H3,(H,18,19)(H,15,16,17).